The maximum Gasteiger partial charge on any atom is 0.252 e. The highest BCUT2D eigenvalue weighted by atomic mass is 16.1. The van der Waals surface area contributed by atoms with E-state index in [2.05, 4.69) is 15.4 Å². The summed E-state index contributed by atoms with van der Waals surface area (Å²) < 4.78 is 3.46. The van der Waals surface area contributed by atoms with E-state index in [0.29, 0.717) is 17.1 Å². The van der Waals surface area contributed by atoms with E-state index in [9.17, 15) is 4.79 Å². The van der Waals surface area contributed by atoms with E-state index >= 15 is 0 Å². The molecule has 5 rings (SSSR count). The van der Waals surface area contributed by atoms with Gasteiger partial charge in [-0.25, -0.2) is 14.2 Å². The Balaban J connectivity index is 1.67. The van der Waals surface area contributed by atoms with Crippen molar-refractivity contribution in [1.82, 2.24) is 24.4 Å². The first-order chi connectivity index (χ1) is 13.6. The van der Waals surface area contributed by atoms with Gasteiger partial charge in [0, 0.05) is 29.6 Å². The molecule has 0 spiro atoms. The van der Waals surface area contributed by atoms with Gasteiger partial charge in [0.05, 0.1) is 23.0 Å². The molecular formula is C20H19N7O. The summed E-state index contributed by atoms with van der Waals surface area (Å²) in [4.78, 5) is 16.3. The summed E-state index contributed by atoms with van der Waals surface area (Å²) >= 11 is 0. The van der Waals surface area contributed by atoms with Crippen molar-refractivity contribution in [1.29, 1.82) is 0 Å². The maximum atomic E-state index is 11.7. The molecule has 1 saturated carbocycles. The molecule has 0 unspecified atom stereocenters. The smallest absolute Gasteiger partial charge is 0.252 e. The lowest BCUT2D eigenvalue weighted by molar-refractivity contribution is 0.100. The van der Waals surface area contributed by atoms with Gasteiger partial charge in [0.15, 0.2) is 5.82 Å². The van der Waals surface area contributed by atoms with Crippen LogP contribution in [-0.4, -0.2) is 36.3 Å². The first-order valence-corrected chi connectivity index (χ1v) is 9.17. The number of nitrogens with two attached hydrogens (primary N) is 1. The number of rotatable bonds is 5. The largest absolute Gasteiger partial charge is 0.366 e. The predicted molar refractivity (Wildman–Crippen MR) is 105 cm³/mol. The van der Waals surface area contributed by atoms with Crippen LogP contribution in [0, 0.1) is 6.92 Å². The topological polar surface area (TPSA) is 103 Å². The van der Waals surface area contributed by atoms with Crippen LogP contribution in [0.3, 0.4) is 0 Å². The fourth-order valence-electron chi connectivity index (χ4n) is 3.25. The Morgan fingerprint density at radius 3 is 2.86 bits per heavy atom. The van der Waals surface area contributed by atoms with Crippen LogP contribution in [-0.2, 0) is 0 Å². The van der Waals surface area contributed by atoms with Crippen molar-refractivity contribution in [2.24, 2.45) is 5.73 Å². The summed E-state index contributed by atoms with van der Waals surface area (Å²) in [5, 5.41) is 12.4. The number of carbonyl (C=O) groups excluding carboxylic acids is 1. The number of fused-ring (bicyclic) bond motifs is 1. The van der Waals surface area contributed by atoms with Crippen LogP contribution < -0.4 is 11.1 Å². The molecule has 0 atom stereocenters. The zero-order valence-corrected chi connectivity index (χ0v) is 15.3. The number of pyridine rings is 2. The number of amides is 1. The van der Waals surface area contributed by atoms with Gasteiger partial charge in [-0.15, -0.1) is 5.10 Å². The third-order valence-corrected chi connectivity index (χ3v) is 4.81. The second kappa shape index (κ2) is 6.19. The Morgan fingerprint density at radius 2 is 2.11 bits per heavy atom. The van der Waals surface area contributed by atoms with Gasteiger partial charge in [-0.2, -0.15) is 5.10 Å². The highest BCUT2D eigenvalue weighted by Gasteiger charge is 2.23. The fourth-order valence-corrected chi connectivity index (χ4v) is 3.25. The second-order valence-corrected chi connectivity index (χ2v) is 7.05. The van der Waals surface area contributed by atoms with Crippen LogP contribution in [0.25, 0.3) is 22.6 Å². The number of aryl methyl sites for hydroxylation is 1. The first kappa shape index (κ1) is 16.5. The molecule has 1 fully saturated rings. The van der Waals surface area contributed by atoms with Crippen molar-refractivity contribution in [3.8, 4) is 17.1 Å². The Kier molecular flexibility index (Phi) is 3.65. The molecule has 28 heavy (non-hydrogen) atoms. The van der Waals surface area contributed by atoms with Gasteiger partial charge in [0.2, 0.25) is 0 Å². The van der Waals surface area contributed by atoms with E-state index < -0.39 is 5.91 Å². The standard InChI is InChI=1S/C20H19N7O/c1-12-3-2-4-19(23-12)27-16(10-18(25-27)24-14-5-6-14)13-7-8-26-17(9-13)15(11-22-26)20(21)28/h2-4,7-11,14H,5-6H2,1H3,(H2,21,28)(H,24,25). The SMILES string of the molecule is Cc1cccc(-n2nc(NC3CC3)cc2-c2ccn3ncc(C(N)=O)c3c2)n1. The van der Waals surface area contributed by atoms with E-state index in [1.807, 2.05) is 54.2 Å². The van der Waals surface area contributed by atoms with Gasteiger partial charge in [-0.05, 0) is 44.0 Å². The normalized spacial score (nSPS) is 13.8. The molecule has 4 heterocycles. The predicted octanol–water partition coefficient (Wildman–Crippen LogP) is 2.56. The Labute approximate surface area is 161 Å². The van der Waals surface area contributed by atoms with Gasteiger partial charge in [-0.3, -0.25) is 4.79 Å². The molecule has 1 aliphatic rings. The number of aromatic nitrogens is 5. The van der Waals surface area contributed by atoms with Gasteiger partial charge in [0.25, 0.3) is 5.91 Å². The summed E-state index contributed by atoms with van der Waals surface area (Å²) in [6, 6.07) is 12.2. The molecule has 3 N–H and O–H groups in total. The number of hydrogen-bond acceptors (Lipinski definition) is 5. The molecule has 1 aliphatic carbocycles. The molecule has 8 nitrogen and oxygen atoms in total. The van der Waals surface area contributed by atoms with Crippen molar-refractivity contribution >= 4 is 17.2 Å². The first-order valence-electron chi connectivity index (χ1n) is 9.17. The lowest BCUT2D eigenvalue weighted by atomic mass is 10.1. The molecule has 0 saturated heterocycles. The van der Waals surface area contributed by atoms with Gasteiger partial charge < -0.3 is 11.1 Å². The second-order valence-electron chi connectivity index (χ2n) is 7.05. The minimum atomic E-state index is -0.503. The summed E-state index contributed by atoms with van der Waals surface area (Å²) in [7, 11) is 0. The van der Waals surface area contributed by atoms with E-state index in [1.165, 1.54) is 6.20 Å². The molecule has 0 aromatic carbocycles. The van der Waals surface area contributed by atoms with Gasteiger partial charge in [-0.1, -0.05) is 6.07 Å². The van der Waals surface area contributed by atoms with E-state index in [-0.39, 0.29) is 0 Å². The molecule has 0 aliphatic heterocycles. The molecular weight excluding hydrogens is 354 g/mol. The van der Waals surface area contributed by atoms with Crippen molar-refractivity contribution < 1.29 is 4.79 Å². The van der Waals surface area contributed by atoms with Crippen LogP contribution in [0.2, 0.25) is 0 Å². The number of anilines is 1. The van der Waals surface area contributed by atoms with E-state index in [1.54, 1.807) is 4.52 Å². The van der Waals surface area contributed by atoms with Crippen molar-refractivity contribution in [3.05, 3.63) is 60.0 Å². The molecule has 8 heteroatoms. The van der Waals surface area contributed by atoms with E-state index in [4.69, 9.17) is 10.8 Å². The van der Waals surface area contributed by atoms with Crippen molar-refractivity contribution in [2.45, 2.75) is 25.8 Å². The molecule has 1 amide bonds. The fraction of sp³-hybridized carbons (Fsp3) is 0.200. The summed E-state index contributed by atoms with van der Waals surface area (Å²) in [5.41, 5.74) is 9.22. The monoisotopic (exact) mass is 373 g/mol. The zero-order chi connectivity index (χ0) is 19.3. The average molecular weight is 373 g/mol. The Hall–Kier alpha value is -3.68. The summed E-state index contributed by atoms with van der Waals surface area (Å²) in [5.74, 6) is 1.05. The summed E-state index contributed by atoms with van der Waals surface area (Å²) in [6.45, 7) is 1.95. The molecule has 4 aromatic rings. The van der Waals surface area contributed by atoms with Crippen LogP contribution in [0.5, 0.6) is 0 Å². The van der Waals surface area contributed by atoms with Crippen LogP contribution in [0.1, 0.15) is 28.9 Å². The number of nitrogens with one attached hydrogen (secondary N) is 1. The average Bonchev–Trinajstić information content (AvgIpc) is 3.23. The minimum absolute atomic E-state index is 0.387. The van der Waals surface area contributed by atoms with Crippen molar-refractivity contribution in [3.63, 3.8) is 0 Å². The molecule has 0 radical (unpaired) electrons. The van der Waals surface area contributed by atoms with Crippen LogP contribution in [0.15, 0.2) is 48.8 Å². The minimum Gasteiger partial charge on any atom is -0.366 e. The highest BCUT2D eigenvalue weighted by Crippen LogP contribution is 2.30. The number of nitrogens with zero attached hydrogens (tertiary/aromatic N) is 5. The zero-order valence-electron chi connectivity index (χ0n) is 15.3. The highest BCUT2D eigenvalue weighted by molar-refractivity contribution is 6.00. The lowest BCUT2D eigenvalue weighted by Gasteiger charge is -2.08. The Bertz CT molecular complexity index is 1200. The van der Waals surface area contributed by atoms with Crippen molar-refractivity contribution in [2.75, 3.05) is 5.32 Å². The molecule has 140 valence electrons. The van der Waals surface area contributed by atoms with Gasteiger partial charge in [0.1, 0.15) is 5.82 Å². The quantitative estimate of drug-likeness (QED) is 0.560. The number of primary amides is 1. The van der Waals surface area contributed by atoms with Crippen LogP contribution in [0.4, 0.5) is 5.82 Å². The Morgan fingerprint density at radius 1 is 1.25 bits per heavy atom. The summed E-state index contributed by atoms with van der Waals surface area (Å²) in [6.07, 6.45) is 5.62. The lowest BCUT2D eigenvalue weighted by Crippen LogP contribution is -2.10. The number of carbonyl (C=O) groups is 1. The molecule has 0 bridgehead atoms. The third-order valence-electron chi connectivity index (χ3n) is 4.81. The van der Waals surface area contributed by atoms with E-state index in [0.717, 1.165) is 41.4 Å². The van der Waals surface area contributed by atoms with Gasteiger partial charge >= 0.3 is 0 Å². The van der Waals surface area contributed by atoms with Crippen LogP contribution >= 0.6 is 0 Å². The molecule has 4 aromatic heterocycles. The number of hydrogen-bond donors (Lipinski definition) is 2. The maximum absolute atomic E-state index is 11.7. The third kappa shape index (κ3) is 2.88.